The lowest BCUT2D eigenvalue weighted by Crippen LogP contribution is -2.27. The van der Waals surface area contributed by atoms with Gasteiger partial charge in [0.2, 0.25) is 0 Å². The molecule has 0 heterocycles. The Bertz CT molecular complexity index is 93.8. The fourth-order valence-electron chi connectivity index (χ4n) is 1.19. The van der Waals surface area contributed by atoms with Gasteiger partial charge in [-0.25, -0.2) is 0 Å². The fraction of sp³-hybridized carbons (Fsp3) is 1.00. The lowest BCUT2D eigenvalue weighted by atomic mass is 10.1. The number of aliphatic hydroxyl groups is 1. The molecule has 0 saturated carbocycles. The van der Waals surface area contributed by atoms with E-state index in [4.69, 9.17) is 0 Å². The Kier molecular flexibility index (Phi) is 7.51. The lowest BCUT2D eigenvalue weighted by molar-refractivity contribution is 0.0313. The third kappa shape index (κ3) is 6.62. The van der Waals surface area contributed by atoms with Crippen LogP contribution in [-0.4, -0.2) is 30.3 Å². The Morgan fingerprint density at radius 3 is 2.17 bits per heavy atom. The number of nitrogens with zero attached hydrogens (tertiary/aromatic N) is 1. The maximum atomic E-state index is 9.41. The van der Waals surface area contributed by atoms with Crippen LogP contribution in [0.15, 0.2) is 0 Å². The first-order valence-corrected chi connectivity index (χ1v) is 5.03. The highest BCUT2D eigenvalue weighted by molar-refractivity contribution is 4.52. The van der Waals surface area contributed by atoms with Gasteiger partial charge in [0.25, 0.3) is 0 Å². The van der Waals surface area contributed by atoms with Crippen molar-refractivity contribution in [1.82, 2.24) is 4.90 Å². The molecule has 0 spiro atoms. The van der Waals surface area contributed by atoms with Gasteiger partial charge in [0, 0.05) is 0 Å². The number of rotatable bonds is 7. The van der Waals surface area contributed by atoms with Crippen LogP contribution < -0.4 is 0 Å². The molecule has 2 heteroatoms. The second kappa shape index (κ2) is 7.56. The summed E-state index contributed by atoms with van der Waals surface area (Å²) in [5.74, 6) is 0. The zero-order valence-corrected chi connectivity index (χ0v) is 8.71. The van der Waals surface area contributed by atoms with Crippen LogP contribution in [0.25, 0.3) is 0 Å². The summed E-state index contributed by atoms with van der Waals surface area (Å²) in [4.78, 5) is 1.86. The molecule has 0 aliphatic rings. The molecule has 1 atom stereocenters. The Morgan fingerprint density at radius 1 is 1.08 bits per heavy atom. The fourth-order valence-corrected chi connectivity index (χ4v) is 1.19. The van der Waals surface area contributed by atoms with Gasteiger partial charge in [-0.05, 0) is 26.9 Å². The van der Waals surface area contributed by atoms with Crippen LogP contribution in [-0.2, 0) is 0 Å². The largest absolute Gasteiger partial charge is 0.378 e. The van der Waals surface area contributed by atoms with E-state index in [0.717, 1.165) is 12.8 Å². The van der Waals surface area contributed by atoms with Gasteiger partial charge in [0.05, 0.1) is 0 Å². The normalized spacial score (nSPS) is 13.8. The molecule has 0 aliphatic heterocycles. The van der Waals surface area contributed by atoms with E-state index in [1.165, 1.54) is 25.7 Å². The van der Waals surface area contributed by atoms with Crippen LogP contribution in [0.4, 0.5) is 0 Å². The molecule has 0 radical (unpaired) electrons. The van der Waals surface area contributed by atoms with Crippen LogP contribution in [0, 0.1) is 0 Å². The average molecular weight is 173 g/mol. The molecule has 0 aromatic carbocycles. The maximum Gasteiger partial charge on any atom is 0.106 e. The van der Waals surface area contributed by atoms with Gasteiger partial charge < -0.3 is 5.11 Å². The molecule has 74 valence electrons. The quantitative estimate of drug-likeness (QED) is 0.471. The van der Waals surface area contributed by atoms with Crippen molar-refractivity contribution in [2.45, 2.75) is 51.7 Å². The van der Waals surface area contributed by atoms with E-state index in [1.54, 1.807) is 0 Å². The topological polar surface area (TPSA) is 23.5 Å². The first-order chi connectivity index (χ1) is 5.68. The van der Waals surface area contributed by atoms with Crippen LogP contribution in [0.1, 0.15) is 45.4 Å². The predicted molar refractivity (Wildman–Crippen MR) is 53.1 cm³/mol. The predicted octanol–water partition coefficient (Wildman–Crippen LogP) is 2.23. The standard InChI is InChI=1S/C10H23NO/c1-4-5-6-7-8-9-10(12)11(2)3/h10,12H,4-9H2,1-3H3. The van der Waals surface area contributed by atoms with Crippen molar-refractivity contribution >= 4 is 0 Å². The van der Waals surface area contributed by atoms with E-state index in [2.05, 4.69) is 6.92 Å². The Morgan fingerprint density at radius 2 is 1.67 bits per heavy atom. The first-order valence-electron chi connectivity index (χ1n) is 5.03. The first kappa shape index (κ1) is 11.9. The van der Waals surface area contributed by atoms with Gasteiger partial charge in [-0.3, -0.25) is 4.90 Å². The van der Waals surface area contributed by atoms with E-state index in [0.29, 0.717) is 0 Å². The van der Waals surface area contributed by atoms with Crippen LogP contribution >= 0.6 is 0 Å². The number of hydrogen-bond donors (Lipinski definition) is 1. The molecule has 0 aromatic rings. The highest BCUT2D eigenvalue weighted by Gasteiger charge is 2.04. The van der Waals surface area contributed by atoms with E-state index < -0.39 is 0 Å². The highest BCUT2D eigenvalue weighted by atomic mass is 16.3. The molecule has 0 amide bonds. The molecule has 0 saturated heterocycles. The molecule has 0 fully saturated rings. The zero-order chi connectivity index (χ0) is 9.40. The Balaban J connectivity index is 3.08. The second-order valence-electron chi connectivity index (χ2n) is 3.65. The number of unbranched alkanes of at least 4 members (excludes halogenated alkanes) is 4. The maximum absolute atomic E-state index is 9.41. The average Bonchev–Trinajstić information content (AvgIpc) is 2.03. The van der Waals surface area contributed by atoms with Crippen molar-refractivity contribution in [1.29, 1.82) is 0 Å². The van der Waals surface area contributed by atoms with Crippen molar-refractivity contribution < 1.29 is 5.11 Å². The molecule has 0 aromatic heterocycles. The molecule has 12 heavy (non-hydrogen) atoms. The van der Waals surface area contributed by atoms with Gasteiger partial charge in [-0.15, -0.1) is 0 Å². The van der Waals surface area contributed by atoms with Crippen molar-refractivity contribution in [3.63, 3.8) is 0 Å². The summed E-state index contributed by atoms with van der Waals surface area (Å²) in [7, 11) is 3.83. The summed E-state index contributed by atoms with van der Waals surface area (Å²) in [6.45, 7) is 2.22. The summed E-state index contributed by atoms with van der Waals surface area (Å²) >= 11 is 0. The van der Waals surface area contributed by atoms with Gasteiger partial charge in [0.15, 0.2) is 0 Å². The number of aliphatic hydroxyl groups excluding tert-OH is 1. The summed E-state index contributed by atoms with van der Waals surface area (Å²) in [5, 5.41) is 9.41. The molecule has 0 aliphatic carbocycles. The minimum absolute atomic E-state index is 0.244. The van der Waals surface area contributed by atoms with Crippen LogP contribution in [0.5, 0.6) is 0 Å². The van der Waals surface area contributed by atoms with Crippen molar-refractivity contribution in [2.24, 2.45) is 0 Å². The van der Waals surface area contributed by atoms with Gasteiger partial charge in [-0.2, -0.15) is 0 Å². The van der Waals surface area contributed by atoms with Gasteiger partial charge in [0.1, 0.15) is 6.23 Å². The molecule has 0 rings (SSSR count). The minimum atomic E-state index is -0.244. The number of hydrogen-bond acceptors (Lipinski definition) is 2. The van der Waals surface area contributed by atoms with Crippen molar-refractivity contribution in [2.75, 3.05) is 14.1 Å². The molecular weight excluding hydrogens is 150 g/mol. The third-order valence-electron chi connectivity index (χ3n) is 2.16. The zero-order valence-electron chi connectivity index (χ0n) is 8.71. The van der Waals surface area contributed by atoms with E-state index in [-0.39, 0.29) is 6.23 Å². The molecular formula is C10H23NO. The van der Waals surface area contributed by atoms with Crippen molar-refractivity contribution in [3.05, 3.63) is 0 Å². The van der Waals surface area contributed by atoms with Crippen LogP contribution in [0.2, 0.25) is 0 Å². The molecule has 1 unspecified atom stereocenters. The van der Waals surface area contributed by atoms with E-state index in [1.807, 2.05) is 19.0 Å². The monoisotopic (exact) mass is 173 g/mol. The third-order valence-corrected chi connectivity index (χ3v) is 2.16. The summed E-state index contributed by atoms with van der Waals surface area (Å²) in [6.07, 6.45) is 7.02. The molecule has 1 N–H and O–H groups in total. The molecule has 0 bridgehead atoms. The lowest BCUT2D eigenvalue weighted by Gasteiger charge is -2.17. The van der Waals surface area contributed by atoms with E-state index >= 15 is 0 Å². The Hall–Kier alpha value is -0.0800. The SMILES string of the molecule is CCCCCCCC(O)N(C)C. The smallest absolute Gasteiger partial charge is 0.106 e. The summed E-state index contributed by atoms with van der Waals surface area (Å²) < 4.78 is 0. The molecule has 2 nitrogen and oxygen atoms in total. The Labute approximate surface area is 76.6 Å². The van der Waals surface area contributed by atoms with E-state index in [9.17, 15) is 5.11 Å². The minimum Gasteiger partial charge on any atom is -0.378 e. The second-order valence-corrected chi connectivity index (χ2v) is 3.65. The summed E-state index contributed by atoms with van der Waals surface area (Å²) in [5.41, 5.74) is 0. The highest BCUT2D eigenvalue weighted by Crippen LogP contribution is 2.07. The van der Waals surface area contributed by atoms with Gasteiger partial charge in [-0.1, -0.05) is 32.6 Å². The van der Waals surface area contributed by atoms with Gasteiger partial charge >= 0.3 is 0 Å². The summed E-state index contributed by atoms with van der Waals surface area (Å²) in [6, 6.07) is 0. The van der Waals surface area contributed by atoms with Crippen molar-refractivity contribution in [3.8, 4) is 0 Å². The van der Waals surface area contributed by atoms with Crippen LogP contribution in [0.3, 0.4) is 0 Å².